The van der Waals surface area contributed by atoms with Crippen molar-refractivity contribution >= 4 is 9.84 Å². The molecule has 4 fully saturated rings. The van der Waals surface area contributed by atoms with Crippen LogP contribution in [0.5, 0.6) is 0 Å². The van der Waals surface area contributed by atoms with Gasteiger partial charge in [0.2, 0.25) is 0 Å². The number of hydrogen-bond acceptors (Lipinski definition) is 5. The lowest BCUT2D eigenvalue weighted by molar-refractivity contribution is -0.297. The minimum atomic E-state index is -4.80. The van der Waals surface area contributed by atoms with E-state index in [1.54, 1.807) is 24.3 Å². The SMILES string of the molecule is CCS(=O)(=O)C12OC(C(F)(F)F)([C@@H]3[C@H]1[C@@H]1O[C@H]3c3ccccc31)[C@@H]1[C@H]2[C@@H]2O[C@H]1c1ccccc12. The van der Waals surface area contributed by atoms with Crippen LogP contribution in [0.15, 0.2) is 48.5 Å². The van der Waals surface area contributed by atoms with Gasteiger partial charge in [-0.1, -0.05) is 55.5 Å². The normalized spacial score (nSPS) is 46.5. The Bertz CT molecular complexity index is 1300. The average molecular weight is 490 g/mol. The summed E-state index contributed by atoms with van der Waals surface area (Å²) in [4.78, 5) is -2.02. The predicted octanol–water partition coefficient (Wildman–Crippen LogP) is 4.58. The number of sulfone groups is 1. The van der Waals surface area contributed by atoms with E-state index in [-0.39, 0.29) is 5.75 Å². The molecule has 2 aromatic carbocycles. The van der Waals surface area contributed by atoms with E-state index in [2.05, 4.69) is 0 Å². The van der Waals surface area contributed by atoms with E-state index in [9.17, 15) is 8.42 Å². The molecule has 6 heterocycles. The maximum Gasteiger partial charge on any atom is 0.418 e. The van der Waals surface area contributed by atoms with Crippen LogP contribution in [-0.4, -0.2) is 30.9 Å². The van der Waals surface area contributed by atoms with Crippen LogP contribution in [0.2, 0.25) is 0 Å². The molecule has 0 amide bonds. The number of rotatable bonds is 2. The van der Waals surface area contributed by atoms with Crippen molar-refractivity contribution in [3.8, 4) is 0 Å². The zero-order valence-electron chi connectivity index (χ0n) is 18.0. The third-order valence-corrected chi connectivity index (χ3v) is 11.8. The van der Waals surface area contributed by atoms with Crippen molar-refractivity contribution in [3.05, 3.63) is 70.8 Å². The third-order valence-electron chi connectivity index (χ3n) is 9.44. The van der Waals surface area contributed by atoms with Crippen molar-refractivity contribution in [2.45, 2.75) is 48.1 Å². The Morgan fingerprint density at radius 3 is 1.50 bits per heavy atom. The lowest BCUT2D eigenvalue weighted by atomic mass is 9.53. The number of halogens is 3. The van der Waals surface area contributed by atoms with Crippen molar-refractivity contribution < 1.29 is 35.8 Å². The van der Waals surface area contributed by atoms with Crippen molar-refractivity contribution in [2.75, 3.05) is 5.75 Å². The molecule has 0 radical (unpaired) electrons. The lowest BCUT2D eigenvalue weighted by Crippen LogP contribution is -2.61. The van der Waals surface area contributed by atoms with Gasteiger partial charge < -0.3 is 14.2 Å². The molecule has 178 valence electrons. The third kappa shape index (κ3) is 1.79. The molecule has 0 N–H and O–H groups in total. The van der Waals surface area contributed by atoms with Gasteiger partial charge in [-0.15, -0.1) is 0 Å². The molecule has 5 nitrogen and oxygen atoms in total. The second-order valence-corrected chi connectivity index (χ2v) is 12.8. The Balaban J connectivity index is 1.46. The highest BCUT2D eigenvalue weighted by atomic mass is 32.2. The van der Waals surface area contributed by atoms with Gasteiger partial charge in [-0.25, -0.2) is 8.42 Å². The second-order valence-electron chi connectivity index (χ2n) is 10.3. The Hall–Kier alpha value is -1.94. The Morgan fingerprint density at radius 1 is 0.765 bits per heavy atom. The quantitative estimate of drug-likeness (QED) is 0.617. The first-order valence-electron chi connectivity index (χ1n) is 11.7. The van der Waals surface area contributed by atoms with Gasteiger partial charge in [0.05, 0.1) is 30.2 Å². The number of benzene rings is 2. The van der Waals surface area contributed by atoms with Crippen LogP contribution in [-0.2, 0) is 24.0 Å². The van der Waals surface area contributed by atoms with E-state index in [1.807, 2.05) is 24.3 Å². The molecule has 6 aliphatic heterocycles. The molecular weight excluding hydrogens is 469 g/mol. The summed E-state index contributed by atoms with van der Waals surface area (Å²) in [6.07, 6.45) is -8.04. The van der Waals surface area contributed by atoms with Crippen molar-refractivity contribution in [1.82, 2.24) is 0 Å². The highest BCUT2D eigenvalue weighted by molar-refractivity contribution is 7.92. The highest BCUT2D eigenvalue weighted by Crippen LogP contribution is 2.84. The minimum absolute atomic E-state index is 0.314. The standard InChI is InChI=1S/C25H21F3O5S/c1-2-34(29,30)24-17-15(19-11-7-3-5-9-13(11)21(17)31-19)23(33-24,25(26,27)28)16-18(24)22-14-10-6-4-8-12(14)20(16)32-22/h3-10,15-22H,2H2,1H3/t15-,16-,17+,18+,19+,20+,21-,22-,23?,24?/m1/s1. The summed E-state index contributed by atoms with van der Waals surface area (Å²) < 4.78 is 92.5. The first-order chi connectivity index (χ1) is 16.2. The average Bonchev–Trinajstić information content (AvgIpc) is 3.63. The van der Waals surface area contributed by atoms with Crippen molar-refractivity contribution in [2.24, 2.45) is 23.7 Å². The van der Waals surface area contributed by atoms with Crippen LogP contribution in [0.25, 0.3) is 0 Å². The van der Waals surface area contributed by atoms with Gasteiger partial charge >= 0.3 is 6.18 Å². The molecule has 2 aromatic rings. The summed E-state index contributed by atoms with van der Waals surface area (Å²) in [7, 11) is -4.11. The molecular formula is C25H21F3O5S. The number of ether oxygens (including phenoxy) is 3. The van der Waals surface area contributed by atoms with Gasteiger partial charge in [-0.2, -0.15) is 13.2 Å². The topological polar surface area (TPSA) is 61.8 Å². The van der Waals surface area contributed by atoms with Crippen LogP contribution in [0.1, 0.15) is 53.6 Å². The van der Waals surface area contributed by atoms with Crippen LogP contribution in [0.3, 0.4) is 0 Å². The van der Waals surface area contributed by atoms with Gasteiger partial charge in [-0.05, 0) is 22.3 Å². The Morgan fingerprint density at radius 2 is 1.15 bits per heavy atom. The molecule has 0 aliphatic carbocycles. The largest absolute Gasteiger partial charge is 0.418 e. The molecule has 0 spiro atoms. The van der Waals surface area contributed by atoms with Gasteiger partial charge in [0.15, 0.2) is 20.4 Å². The zero-order valence-corrected chi connectivity index (χ0v) is 18.8. The summed E-state index contributed by atoms with van der Waals surface area (Å²) in [5.74, 6) is -4.51. The lowest BCUT2D eigenvalue weighted by Gasteiger charge is -2.48. The predicted molar refractivity (Wildman–Crippen MR) is 112 cm³/mol. The van der Waals surface area contributed by atoms with Gasteiger partial charge in [0, 0.05) is 23.7 Å². The van der Waals surface area contributed by atoms with Crippen LogP contribution in [0, 0.1) is 23.7 Å². The summed E-state index contributed by atoms with van der Waals surface area (Å²) in [5.41, 5.74) is 0.296. The summed E-state index contributed by atoms with van der Waals surface area (Å²) in [6.45, 7) is 1.48. The summed E-state index contributed by atoms with van der Waals surface area (Å²) in [5, 5.41) is 0. The first kappa shape index (κ1) is 20.3. The molecule has 8 rings (SSSR count). The second kappa shape index (κ2) is 5.72. The summed E-state index contributed by atoms with van der Waals surface area (Å²) in [6, 6.07) is 14.4. The fraction of sp³-hybridized carbons (Fsp3) is 0.520. The van der Waals surface area contributed by atoms with Crippen LogP contribution >= 0.6 is 0 Å². The number of alkyl halides is 3. The van der Waals surface area contributed by atoms with E-state index in [1.165, 1.54) is 6.92 Å². The van der Waals surface area contributed by atoms with E-state index in [0.29, 0.717) is 11.1 Å². The Labute approximate surface area is 194 Å². The molecule has 6 aliphatic rings. The molecule has 0 saturated carbocycles. The summed E-state index contributed by atoms with van der Waals surface area (Å²) >= 11 is 0. The molecule has 0 aromatic heterocycles. The highest BCUT2D eigenvalue weighted by Gasteiger charge is 2.94. The van der Waals surface area contributed by atoms with Gasteiger partial charge in [-0.3, -0.25) is 0 Å². The zero-order chi connectivity index (χ0) is 23.4. The van der Waals surface area contributed by atoms with Crippen LogP contribution < -0.4 is 0 Å². The monoisotopic (exact) mass is 490 g/mol. The fourth-order valence-electron chi connectivity index (χ4n) is 8.56. The Kier molecular flexibility index (Phi) is 3.41. The van der Waals surface area contributed by atoms with E-state index < -0.39 is 74.6 Å². The smallest absolute Gasteiger partial charge is 0.365 e. The number of fused-ring (bicyclic) bond motifs is 22. The van der Waals surface area contributed by atoms with E-state index in [4.69, 9.17) is 14.2 Å². The molecule has 6 bridgehead atoms. The van der Waals surface area contributed by atoms with E-state index in [0.717, 1.165) is 11.1 Å². The maximum atomic E-state index is 15.4. The molecule has 9 heteroatoms. The van der Waals surface area contributed by atoms with Crippen LogP contribution in [0.4, 0.5) is 13.2 Å². The van der Waals surface area contributed by atoms with Crippen molar-refractivity contribution in [1.29, 1.82) is 0 Å². The maximum absolute atomic E-state index is 15.4. The molecule has 34 heavy (non-hydrogen) atoms. The van der Waals surface area contributed by atoms with Gasteiger partial charge in [0.25, 0.3) is 0 Å². The fourth-order valence-corrected chi connectivity index (χ4v) is 10.6. The van der Waals surface area contributed by atoms with Crippen molar-refractivity contribution in [3.63, 3.8) is 0 Å². The first-order valence-corrected chi connectivity index (χ1v) is 13.3. The molecule has 0 unspecified atom stereocenters. The number of hydrogen-bond donors (Lipinski definition) is 0. The van der Waals surface area contributed by atoms with Gasteiger partial charge in [0.1, 0.15) is 0 Å². The molecule has 4 saturated heterocycles. The molecule has 8 atom stereocenters. The van der Waals surface area contributed by atoms with E-state index >= 15 is 13.2 Å². The minimum Gasteiger partial charge on any atom is -0.365 e.